The quantitative estimate of drug-likeness (QED) is 0.368. The Balaban J connectivity index is 1.28. The monoisotopic (exact) mass is 475 g/mol. The molecule has 9 nitrogen and oxygen atoms in total. The maximum Gasteiger partial charge on any atom is 0.325 e. The van der Waals surface area contributed by atoms with E-state index in [-0.39, 0.29) is 0 Å². The second kappa shape index (κ2) is 8.31. The molecule has 2 aromatic heterocycles. The van der Waals surface area contributed by atoms with E-state index >= 15 is 0 Å². The molecule has 5 rings (SSSR count). The topological polar surface area (TPSA) is 116 Å². The van der Waals surface area contributed by atoms with E-state index in [1.165, 1.54) is 11.3 Å². The van der Waals surface area contributed by atoms with E-state index < -0.39 is 29.9 Å². The van der Waals surface area contributed by atoms with Gasteiger partial charge < -0.3 is 20.4 Å². The number of thiazole rings is 1. The van der Waals surface area contributed by atoms with Crippen LogP contribution in [-0.2, 0) is 15.1 Å². The first-order valence-electron chi connectivity index (χ1n) is 10.5. The van der Waals surface area contributed by atoms with Gasteiger partial charge >= 0.3 is 6.03 Å². The molecule has 10 heteroatoms. The van der Waals surface area contributed by atoms with E-state index in [4.69, 9.17) is 4.74 Å². The number of urea groups is 1. The summed E-state index contributed by atoms with van der Waals surface area (Å²) in [5.74, 6) is -0.380. The van der Waals surface area contributed by atoms with Crippen molar-refractivity contribution in [3.63, 3.8) is 0 Å². The number of fused-ring (bicyclic) bond motifs is 1. The van der Waals surface area contributed by atoms with Gasteiger partial charge in [0.05, 0.1) is 12.8 Å². The number of hydrogen-bond acceptors (Lipinski definition) is 6. The highest BCUT2D eigenvalue weighted by Gasteiger charge is 2.49. The molecule has 0 spiro atoms. The van der Waals surface area contributed by atoms with Crippen LogP contribution in [0.2, 0.25) is 0 Å². The maximum absolute atomic E-state index is 13.1. The molecule has 0 saturated carbocycles. The van der Waals surface area contributed by atoms with Gasteiger partial charge in [-0.25, -0.2) is 9.78 Å². The van der Waals surface area contributed by atoms with Crippen molar-refractivity contribution >= 4 is 45.2 Å². The zero-order valence-electron chi connectivity index (χ0n) is 18.4. The summed E-state index contributed by atoms with van der Waals surface area (Å²) in [5.41, 5.74) is 1.97. The van der Waals surface area contributed by atoms with Crippen LogP contribution in [0.5, 0.6) is 5.75 Å². The molecule has 0 bridgehead atoms. The van der Waals surface area contributed by atoms with Crippen molar-refractivity contribution in [3.8, 4) is 17.0 Å². The van der Waals surface area contributed by atoms with Crippen molar-refractivity contribution in [2.24, 2.45) is 0 Å². The summed E-state index contributed by atoms with van der Waals surface area (Å²) in [6.07, 6.45) is 1.87. The summed E-state index contributed by atoms with van der Waals surface area (Å²) in [6, 6.07) is 14.1. The summed E-state index contributed by atoms with van der Waals surface area (Å²) >= 11 is 1.27. The van der Waals surface area contributed by atoms with Gasteiger partial charge in [-0.15, -0.1) is 11.3 Å². The van der Waals surface area contributed by atoms with E-state index in [0.717, 1.165) is 27.1 Å². The zero-order chi connectivity index (χ0) is 23.9. The van der Waals surface area contributed by atoms with E-state index in [1.807, 2.05) is 35.8 Å². The van der Waals surface area contributed by atoms with Crippen LogP contribution >= 0.6 is 11.3 Å². The molecule has 1 aliphatic rings. The number of rotatable bonds is 6. The number of aromatic nitrogens is 2. The van der Waals surface area contributed by atoms with Crippen molar-refractivity contribution in [1.82, 2.24) is 20.2 Å². The fourth-order valence-electron chi connectivity index (χ4n) is 4.00. The lowest BCUT2D eigenvalue weighted by Crippen LogP contribution is -2.42. The smallest absolute Gasteiger partial charge is 0.325 e. The second-order valence-electron chi connectivity index (χ2n) is 8.01. The third kappa shape index (κ3) is 3.67. The Morgan fingerprint density at radius 3 is 2.71 bits per heavy atom. The summed E-state index contributed by atoms with van der Waals surface area (Å²) in [6.45, 7) is 1.19. The van der Waals surface area contributed by atoms with Crippen molar-refractivity contribution < 1.29 is 19.1 Å². The van der Waals surface area contributed by atoms with Gasteiger partial charge in [-0.3, -0.25) is 14.5 Å². The lowest BCUT2D eigenvalue weighted by molar-refractivity contribution is -0.133. The maximum atomic E-state index is 13.1. The largest absolute Gasteiger partial charge is 0.497 e. The predicted molar refractivity (Wildman–Crippen MR) is 129 cm³/mol. The summed E-state index contributed by atoms with van der Waals surface area (Å²) < 4.78 is 5.15. The van der Waals surface area contributed by atoms with Crippen LogP contribution in [0.25, 0.3) is 22.2 Å². The molecule has 0 radical (unpaired) electrons. The molecular weight excluding hydrogens is 454 g/mol. The van der Waals surface area contributed by atoms with Gasteiger partial charge in [0.25, 0.3) is 5.91 Å². The molecule has 1 unspecified atom stereocenters. The average Bonchev–Trinajstić information content (AvgIpc) is 3.53. The highest BCUT2D eigenvalue weighted by atomic mass is 32.1. The number of nitrogens with one attached hydrogen (secondary N) is 3. The van der Waals surface area contributed by atoms with Crippen LogP contribution in [0, 0.1) is 0 Å². The van der Waals surface area contributed by atoms with Gasteiger partial charge in [0.2, 0.25) is 5.91 Å². The molecule has 1 saturated heterocycles. The van der Waals surface area contributed by atoms with E-state index in [1.54, 1.807) is 38.3 Å². The van der Waals surface area contributed by atoms with Crippen molar-refractivity contribution in [3.05, 3.63) is 65.7 Å². The first-order chi connectivity index (χ1) is 16.4. The van der Waals surface area contributed by atoms with Gasteiger partial charge in [0.1, 0.15) is 17.8 Å². The Hall–Kier alpha value is -4.18. The van der Waals surface area contributed by atoms with E-state index in [0.29, 0.717) is 16.4 Å². The molecule has 1 fully saturated rings. The van der Waals surface area contributed by atoms with Gasteiger partial charge in [0, 0.05) is 28.0 Å². The summed E-state index contributed by atoms with van der Waals surface area (Å²) in [5, 5.41) is 8.65. The van der Waals surface area contributed by atoms with Crippen molar-refractivity contribution in [2.45, 2.75) is 12.5 Å². The zero-order valence-corrected chi connectivity index (χ0v) is 19.2. The molecule has 1 atom stereocenters. The molecule has 4 aromatic rings. The van der Waals surface area contributed by atoms with Gasteiger partial charge in [-0.05, 0) is 30.7 Å². The van der Waals surface area contributed by atoms with Gasteiger partial charge in [-0.2, -0.15) is 0 Å². The number of benzene rings is 2. The molecular formula is C24H21N5O4S. The number of para-hydroxylation sites is 1. The van der Waals surface area contributed by atoms with Crippen molar-refractivity contribution in [2.75, 3.05) is 19.0 Å². The minimum absolute atomic E-state index is 0.384. The Bertz CT molecular complexity index is 1410. The number of H-pyrrole nitrogens is 1. The summed E-state index contributed by atoms with van der Waals surface area (Å²) in [7, 11) is 1.55. The Kier molecular flexibility index (Phi) is 5.29. The van der Waals surface area contributed by atoms with Crippen LogP contribution in [-0.4, -0.2) is 46.4 Å². The normalized spacial score (nSPS) is 17.8. The molecule has 4 amide bonds. The third-order valence-electron chi connectivity index (χ3n) is 5.86. The van der Waals surface area contributed by atoms with Crippen LogP contribution in [0.1, 0.15) is 12.5 Å². The number of anilines is 1. The number of carbonyl (C=O) groups is 3. The van der Waals surface area contributed by atoms with Crippen LogP contribution in [0.3, 0.4) is 0 Å². The molecule has 2 aromatic carbocycles. The van der Waals surface area contributed by atoms with Crippen molar-refractivity contribution in [1.29, 1.82) is 0 Å². The fourth-order valence-corrected chi connectivity index (χ4v) is 4.73. The standard InChI is InChI=1S/C24H21N5O4S/c1-24(14-7-9-15(33-2)10-8-14)21(31)29(23(32)28-24)12-20(30)27-22-26-19(13-34-22)17-11-25-18-6-4-3-5-16(17)18/h3-11,13,25H,12H2,1-2H3,(H,28,32)(H,26,27,30). The van der Waals surface area contributed by atoms with E-state index in [2.05, 4.69) is 20.6 Å². The van der Waals surface area contributed by atoms with E-state index in [9.17, 15) is 14.4 Å². The first kappa shape index (κ1) is 21.7. The highest BCUT2D eigenvalue weighted by Crippen LogP contribution is 2.32. The Labute approximate surface area is 198 Å². The predicted octanol–water partition coefficient (Wildman–Crippen LogP) is 3.71. The molecule has 34 heavy (non-hydrogen) atoms. The van der Waals surface area contributed by atoms with Crippen LogP contribution < -0.4 is 15.4 Å². The minimum Gasteiger partial charge on any atom is -0.497 e. The molecule has 1 aliphatic heterocycles. The highest BCUT2D eigenvalue weighted by molar-refractivity contribution is 7.14. The Morgan fingerprint density at radius 2 is 1.94 bits per heavy atom. The SMILES string of the molecule is COc1ccc(C2(C)NC(=O)N(CC(=O)Nc3nc(-c4c[nH]c5ccccc45)cs3)C2=O)cc1. The number of nitrogens with zero attached hydrogens (tertiary/aromatic N) is 2. The number of imide groups is 1. The fraction of sp³-hybridized carbons (Fsp3) is 0.167. The number of ether oxygens (including phenoxy) is 1. The molecule has 3 heterocycles. The number of aromatic amines is 1. The number of methoxy groups -OCH3 is 1. The Morgan fingerprint density at radius 1 is 1.18 bits per heavy atom. The van der Waals surface area contributed by atoms with Gasteiger partial charge in [0.15, 0.2) is 5.13 Å². The summed E-state index contributed by atoms with van der Waals surface area (Å²) in [4.78, 5) is 46.9. The van der Waals surface area contributed by atoms with Crippen LogP contribution in [0.15, 0.2) is 60.1 Å². The average molecular weight is 476 g/mol. The minimum atomic E-state index is -1.27. The first-order valence-corrected chi connectivity index (χ1v) is 11.4. The van der Waals surface area contributed by atoms with Gasteiger partial charge in [-0.1, -0.05) is 30.3 Å². The lowest BCUT2D eigenvalue weighted by atomic mass is 9.92. The molecule has 172 valence electrons. The number of hydrogen-bond donors (Lipinski definition) is 3. The second-order valence-corrected chi connectivity index (χ2v) is 8.87. The number of amides is 4. The molecule has 3 N–H and O–H groups in total. The van der Waals surface area contributed by atoms with Crippen LogP contribution in [0.4, 0.5) is 9.93 Å². The molecule has 0 aliphatic carbocycles. The number of carbonyl (C=O) groups excluding carboxylic acids is 3. The lowest BCUT2D eigenvalue weighted by Gasteiger charge is -2.22. The third-order valence-corrected chi connectivity index (χ3v) is 6.62.